The minimum absolute atomic E-state index is 0.0541. The van der Waals surface area contributed by atoms with Crippen molar-refractivity contribution in [1.82, 2.24) is 14.3 Å². The summed E-state index contributed by atoms with van der Waals surface area (Å²) in [5.41, 5.74) is 1.28. The Morgan fingerprint density at radius 1 is 1.15 bits per heavy atom. The van der Waals surface area contributed by atoms with Gasteiger partial charge in [0.1, 0.15) is 23.1 Å². The first-order chi connectivity index (χ1) is 15.8. The van der Waals surface area contributed by atoms with Crippen LogP contribution in [0.5, 0.6) is 5.75 Å². The molecule has 2 aromatic carbocycles. The third kappa shape index (κ3) is 5.32. The zero-order valence-corrected chi connectivity index (χ0v) is 19.8. The number of aryl methyl sites for hydroxylation is 2. The fourth-order valence-electron chi connectivity index (χ4n) is 3.63. The monoisotopic (exact) mass is 454 g/mol. The Morgan fingerprint density at radius 2 is 1.85 bits per heavy atom. The number of nitrogens with zero attached hydrogens (tertiary/aromatic N) is 3. The number of halogens is 1. The molecule has 0 saturated carbocycles. The Bertz CT molecular complexity index is 1180. The first kappa shape index (κ1) is 24.2. The number of aromatic nitrogens is 3. The van der Waals surface area contributed by atoms with Crippen molar-refractivity contribution in [3.63, 3.8) is 0 Å². The highest BCUT2D eigenvalue weighted by Crippen LogP contribution is 2.28. The van der Waals surface area contributed by atoms with Crippen LogP contribution in [0.2, 0.25) is 0 Å². The minimum atomic E-state index is -0.736. The van der Waals surface area contributed by atoms with E-state index in [1.165, 1.54) is 10.6 Å². The van der Waals surface area contributed by atoms with E-state index in [9.17, 15) is 9.59 Å². The van der Waals surface area contributed by atoms with Gasteiger partial charge in [-0.3, -0.25) is 9.36 Å². The van der Waals surface area contributed by atoms with E-state index in [1.807, 2.05) is 32.9 Å². The Hall–Kier alpha value is -3.42. The number of hydrogen-bond donors (Lipinski definition) is 1. The zero-order valence-electron chi connectivity index (χ0n) is 19.8. The van der Waals surface area contributed by atoms with E-state index in [2.05, 4.69) is 17.3 Å². The van der Waals surface area contributed by atoms with Crippen LogP contribution in [0.3, 0.4) is 0 Å². The summed E-state index contributed by atoms with van der Waals surface area (Å²) in [7, 11) is 1.59. The summed E-state index contributed by atoms with van der Waals surface area (Å²) in [5, 5.41) is 7.05. The molecule has 176 valence electrons. The molecular formula is C25H31FN4O3. The van der Waals surface area contributed by atoms with E-state index in [0.717, 1.165) is 35.6 Å². The van der Waals surface area contributed by atoms with Gasteiger partial charge in [0.05, 0.1) is 11.7 Å². The van der Waals surface area contributed by atoms with E-state index >= 15 is 4.39 Å². The lowest BCUT2D eigenvalue weighted by Crippen LogP contribution is -2.24. The van der Waals surface area contributed by atoms with E-state index in [1.54, 1.807) is 19.2 Å². The van der Waals surface area contributed by atoms with Crippen molar-refractivity contribution < 1.29 is 13.9 Å². The molecule has 0 aliphatic carbocycles. The Balaban J connectivity index is 2.04. The van der Waals surface area contributed by atoms with Crippen molar-refractivity contribution in [2.24, 2.45) is 7.05 Å². The van der Waals surface area contributed by atoms with E-state index in [4.69, 9.17) is 4.74 Å². The molecular weight excluding hydrogens is 423 g/mol. The van der Waals surface area contributed by atoms with Gasteiger partial charge in [0.15, 0.2) is 0 Å². The maximum absolute atomic E-state index is 15.2. The fourth-order valence-corrected chi connectivity index (χ4v) is 3.63. The van der Waals surface area contributed by atoms with E-state index in [0.29, 0.717) is 17.9 Å². The number of amides is 1. The van der Waals surface area contributed by atoms with Gasteiger partial charge >= 0.3 is 5.69 Å². The number of rotatable bonds is 9. The molecule has 1 amide bonds. The van der Waals surface area contributed by atoms with Gasteiger partial charge in [-0.15, -0.1) is 5.10 Å². The highest BCUT2D eigenvalue weighted by Gasteiger charge is 2.22. The van der Waals surface area contributed by atoms with Crippen molar-refractivity contribution in [2.45, 2.75) is 59.5 Å². The molecule has 1 atom stereocenters. The summed E-state index contributed by atoms with van der Waals surface area (Å²) in [6.45, 7) is 7.84. The number of benzene rings is 2. The quantitative estimate of drug-likeness (QED) is 0.510. The summed E-state index contributed by atoms with van der Waals surface area (Å²) < 4.78 is 23.6. The molecule has 0 spiro atoms. The number of hydrogen-bond acceptors (Lipinski definition) is 4. The van der Waals surface area contributed by atoms with Crippen LogP contribution in [-0.2, 0) is 19.9 Å². The van der Waals surface area contributed by atoms with Crippen LogP contribution < -0.4 is 15.7 Å². The lowest BCUT2D eigenvalue weighted by molar-refractivity contribution is 0.101. The number of carbonyl (C=O) groups is 1. The molecule has 0 fully saturated rings. The van der Waals surface area contributed by atoms with Crippen molar-refractivity contribution in [1.29, 1.82) is 0 Å². The molecule has 0 aliphatic rings. The maximum Gasteiger partial charge on any atom is 0.350 e. The molecule has 1 aromatic heterocycles. The molecule has 0 radical (unpaired) electrons. The second-order valence-electron chi connectivity index (χ2n) is 8.04. The number of carbonyl (C=O) groups excluding carboxylic acids is 1. The van der Waals surface area contributed by atoms with Gasteiger partial charge in [-0.1, -0.05) is 39.3 Å². The van der Waals surface area contributed by atoms with Gasteiger partial charge in [0.25, 0.3) is 5.91 Å². The van der Waals surface area contributed by atoms with Crippen molar-refractivity contribution in [3.8, 4) is 11.4 Å². The first-order valence-corrected chi connectivity index (χ1v) is 11.3. The molecule has 1 heterocycles. The number of anilines is 1. The minimum Gasteiger partial charge on any atom is -0.490 e. The topological polar surface area (TPSA) is 78.2 Å². The summed E-state index contributed by atoms with van der Waals surface area (Å²) in [6, 6.07) is 9.96. The van der Waals surface area contributed by atoms with E-state index in [-0.39, 0.29) is 23.1 Å². The molecule has 0 bridgehead atoms. The van der Waals surface area contributed by atoms with Gasteiger partial charge in [0.2, 0.25) is 0 Å². The first-order valence-electron chi connectivity index (χ1n) is 11.3. The van der Waals surface area contributed by atoms with Crippen molar-refractivity contribution >= 4 is 11.6 Å². The largest absolute Gasteiger partial charge is 0.490 e. The second kappa shape index (κ2) is 10.5. The molecule has 8 heteroatoms. The average Bonchev–Trinajstić information content (AvgIpc) is 3.09. The smallest absolute Gasteiger partial charge is 0.350 e. The molecule has 7 nitrogen and oxygen atoms in total. The lowest BCUT2D eigenvalue weighted by atomic mass is 10.1. The second-order valence-corrected chi connectivity index (χ2v) is 8.04. The van der Waals surface area contributed by atoms with Crippen LogP contribution in [0.25, 0.3) is 5.69 Å². The van der Waals surface area contributed by atoms with Gasteiger partial charge in [0, 0.05) is 25.2 Å². The predicted molar refractivity (Wildman–Crippen MR) is 127 cm³/mol. The SMILES string of the molecule is CCC[C@H](C)Oc1cc(-n2nc(CC)n(C)c2=O)c(F)cc1C(=O)Nc1ccc(CC)cc1. The van der Waals surface area contributed by atoms with Crippen molar-refractivity contribution in [2.75, 3.05) is 5.32 Å². The van der Waals surface area contributed by atoms with Crippen LogP contribution >= 0.6 is 0 Å². The van der Waals surface area contributed by atoms with Crippen LogP contribution in [0, 0.1) is 5.82 Å². The van der Waals surface area contributed by atoms with Crippen LogP contribution in [0.1, 0.15) is 62.3 Å². The van der Waals surface area contributed by atoms with Gasteiger partial charge in [-0.05, 0) is 43.5 Å². The molecule has 1 N–H and O–H groups in total. The Morgan fingerprint density at radius 3 is 2.42 bits per heavy atom. The van der Waals surface area contributed by atoms with Gasteiger partial charge in [-0.2, -0.15) is 4.68 Å². The number of ether oxygens (including phenoxy) is 1. The summed E-state index contributed by atoms with van der Waals surface area (Å²) in [4.78, 5) is 25.7. The van der Waals surface area contributed by atoms with E-state index < -0.39 is 17.4 Å². The molecule has 0 aliphatic heterocycles. The van der Waals surface area contributed by atoms with Gasteiger partial charge in [-0.25, -0.2) is 9.18 Å². The van der Waals surface area contributed by atoms with Gasteiger partial charge < -0.3 is 10.1 Å². The summed E-state index contributed by atoms with van der Waals surface area (Å²) >= 11 is 0. The summed E-state index contributed by atoms with van der Waals surface area (Å²) in [5.74, 6) is -0.505. The Kier molecular flexibility index (Phi) is 7.68. The standard InChI is InChI=1S/C25H31FN4O3/c1-6-9-16(4)33-22-15-21(30-25(32)29(5)23(8-3)28-30)20(26)14-19(22)24(31)27-18-12-10-17(7-2)11-13-18/h10-16H,6-9H2,1-5H3,(H,27,31)/t16-/m0/s1. The average molecular weight is 455 g/mol. The normalized spacial score (nSPS) is 11.9. The highest BCUT2D eigenvalue weighted by molar-refractivity contribution is 6.06. The lowest BCUT2D eigenvalue weighted by Gasteiger charge is -2.18. The molecule has 3 aromatic rings. The molecule has 0 saturated heterocycles. The summed E-state index contributed by atoms with van der Waals surface area (Å²) in [6.07, 6.45) is 2.86. The third-order valence-corrected chi connectivity index (χ3v) is 5.55. The van der Waals surface area contributed by atoms with Crippen LogP contribution in [-0.4, -0.2) is 26.4 Å². The molecule has 3 rings (SSSR count). The highest BCUT2D eigenvalue weighted by atomic mass is 19.1. The molecule has 33 heavy (non-hydrogen) atoms. The number of nitrogens with one attached hydrogen (secondary N) is 1. The van der Waals surface area contributed by atoms with Crippen LogP contribution in [0.4, 0.5) is 10.1 Å². The van der Waals surface area contributed by atoms with Crippen molar-refractivity contribution in [3.05, 3.63) is 69.7 Å². The maximum atomic E-state index is 15.2. The zero-order chi connectivity index (χ0) is 24.1. The molecule has 0 unspecified atom stereocenters. The fraction of sp³-hybridized carbons (Fsp3) is 0.400. The third-order valence-electron chi connectivity index (χ3n) is 5.55. The predicted octanol–water partition coefficient (Wildman–Crippen LogP) is 4.65. The Labute approximate surface area is 193 Å². The van der Waals surface area contributed by atoms with Crippen LogP contribution in [0.15, 0.2) is 41.2 Å².